The molecule has 0 radical (unpaired) electrons. The van der Waals surface area contributed by atoms with Gasteiger partial charge in [0.15, 0.2) is 0 Å². The number of hydrogen-bond acceptors (Lipinski definition) is 12. The number of halogens is 4. The molecule has 0 bridgehead atoms. The van der Waals surface area contributed by atoms with Gasteiger partial charge in [0.1, 0.15) is 23.0 Å². The van der Waals surface area contributed by atoms with Crippen molar-refractivity contribution in [2.24, 2.45) is 35.5 Å². The van der Waals surface area contributed by atoms with Gasteiger partial charge in [0, 0.05) is 88.2 Å². The fourth-order valence-corrected chi connectivity index (χ4v) is 9.92. The van der Waals surface area contributed by atoms with Gasteiger partial charge in [-0.15, -0.1) is 0 Å². The zero-order valence-corrected chi connectivity index (χ0v) is 33.7. The Bertz CT molecular complexity index is 1840. The number of anilines is 4. The second kappa shape index (κ2) is 14.4. The molecule has 0 aromatic carbocycles. The minimum absolute atomic E-state index is 0. The smallest absolute Gasteiger partial charge is 0.870 e. The third-order valence-electron chi connectivity index (χ3n) is 13.6. The third kappa shape index (κ3) is 6.92. The van der Waals surface area contributed by atoms with E-state index in [0.717, 1.165) is 39.0 Å². The molecule has 4 saturated heterocycles. The Morgan fingerprint density at radius 2 is 1.13 bits per heavy atom. The quantitative estimate of drug-likeness (QED) is 0.234. The van der Waals surface area contributed by atoms with Crippen LogP contribution < -0.4 is 49.2 Å². The summed E-state index contributed by atoms with van der Waals surface area (Å²) in [5, 5.41) is 8.98. The van der Waals surface area contributed by atoms with Crippen molar-refractivity contribution in [3.05, 3.63) is 22.5 Å². The van der Waals surface area contributed by atoms with E-state index in [4.69, 9.17) is 19.8 Å². The molecule has 294 valence electrons. The van der Waals surface area contributed by atoms with Crippen LogP contribution in [0.5, 0.6) is 0 Å². The SMILES string of the molecule is COC(=O)CC1[C@H]2CN(c3nc(N4CC[C@@H]4C)nc4c3CCC4(F)F)C[C@@H]12.C[C@H]1CCN1c1nc(N2C[C@@H]3C(CC(=O)O)[C@@H]3C2)c2c(n1)C(F)(F)CC2.[Na+].[OH-]. The van der Waals surface area contributed by atoms with E-state index in [-0.39, 0.29) is 83.6 Å². The topological polar surface area (TPSA) is 158 Å². The summed E-state index contributed by atoms with van der Waals surface area (Å²) in [6.45, 7) is 8.72. The van der Waals surface area contributed by atoms with Crippen LogP contribution in [0.25, 0.3) is 0 Å². The Labute approximate surface area is 339 Å². The monoisotopic (exact) mass is 782 g/mol. The molecule has 2 aromatic rings. The molecule has 2 N–H and O–H groups in total. The number of carbonyl (C=O) groups is 2. The summed E-state index contributed by atoms with van der Waals surface area (Å²) in [6, 6.07) is 0.574. The van der Waals surface area contributed by atoms with E-state index in [2.05, 4.69) is 33.6 Å². The minimum Gasteiger partial charge on any atom is -0.870 e. The summed E-state index contributed by atoms with van der Waals surface area (Å²) in [6.07, 6.45) is 2.96. The molecule has 2 aromatic heterocycles. The van der Waals surface area contributed by atoms with Gasteiger partial charge < -0.3 is 34.9 Å². The number of hydrogen-bond donors (Lipinski definition) is 1. The second-order valence-corrected chi connectivity index (χ2v) is 16.6. The van der Waals surface area contributed by atoms with Crippen LogP contribution in [0.2, 0.25) is 0 Å². The van der Waals surface area contributed by atoms with Crippen LogP contribution in [0.4, 0.5) is 41.1 Å². The molecule has 8 aliphatic rings. The summed E-state index contributed by atoms with van der Waals surface area (Å²) in [5.41, 5.74) is 1.03. The van der Waals surface area contributed by atoms with Crippen molar-refractivity contribution >= 4 is 35.5 Å². The third-order valence-corrected chi connectivity index (χ3v) is 13.6. The van der Waals surface area contributed by atoms with E-state index in [1.807, 2.05) is 9.80 Å². The molecule has 2 saturated carbocycles. The average Bonchev–Trinajstić information content (AvgIpc) is 3.55. The molecular weight excluding hydrogens is 735 g/mol. The van der Waals surface area contributed by atoms with Crippen molar-refractivity contribution in [1.82, 2.24) is 19.9 Å². The molecule has 55 heavy (non-hydrogen) atoms. The first-order chi connectivity index (χ1) is 25.2. The van der Waals surface area contributed by atoms with Crippen LogP contribution in [0.3, 0.4) is 0 Å². The maximum Gasteiger partial charge on any atom is 1.00 e. The van der Waals surface area contributed by atoms with Crippen molar-refractivity contribution in [1.29, 1.82) is 0 Å². The summed E-state index contributed by atoms with van der Waals surface area (Å²) in [4.78, 5) is 48.6. The van der Waals surface area contributed by atoms with Crippen LogP contribution in [-0.2, 0) is 39.0 Å². The number of fused-ring (bicyclic) bond motifs is 4. The Morgan fingerprint density at radius 3 is 1.45 bits per heavy atom. The first-order valence-electron chi connectivity index (χ1n) is 19.1. The number of carboxylic acids is 1. The number of methoxy groups -OCH3 is 1. The number of carbonyl (C=O) groups excluding carboxylic acids is 1. The van der Waals surface area contributed by atoms with Gasteiger partial charge in [-0.1, -0.05) is 0 Å². The van der Waals surface area contributed by atoms with Crippen LogP contribution in [-0.4, -0.2) is 101 Å². The Kier molecular flexibility index (Phi) is 10.5. The normalized spacial score (nSPS) is 32.0. The maximum absolute atomic E-state index is 14.4. The molecule has 18 heteroatoms. The standard InChI is InChI=1S/C19H24F2N4O2.C18H22F2N4O2.Na.H2O/c1-10-4-6-25(10)18-22-16-11(3-5-19(16,20)21)17(23-18)24-8-13-12(14(13)9-24)7-15(26)27-2;1-9-3-5-24(9)17-21-15-10(2-4-18(15,19)20)16(22-17)23-7-12-11(6-14(25)26)13(12)8-23;;/h10,12-14H,3-9H2,1-2H3;9,11-13H,2-8H2,1H3,(H,25,26);;1H2/q;;+1;/p-1/t10-,12?,13-,14+;9-,11?,12-,13+;;/m00../s1. The molecule has 2 unspecified atom stereocenters. The van der Waals surface area contributed by atoms with Crippen LogP contribution in [0.15, 0.2) is 0 Å². The number of nitrogens with zero attached hydrogens (tertiary/aromatic N) is 8. The Hall–Kier alpha value is -3.02. The molecule has 6 heterocycles. The van der Waals surface area contributed by atoms with Gasteiger partial charge in [-0.2, -0.15) is 27.5 Å². The number of rotatable bonds is 8. The van der Waals surface area contributed by atoms with Crippen molar-refractivity contribution in [2.45, 2.75) is 89.1 Å². The van der Waals surface area contributed by atoms with Gasteiger partial charge in [0.25, 0.3) is 11.8 Å². The second-order valence-electron chi connectivity index (χ2n) is 16.6. The van der Waals surface area contributed by atoms with E-state index >= 15 is 0 Å². The van der Waals surface area contributed by atoms with Crippen molar-refractivity contribution in [2.75, 3.05) is 66.0 Å². The number of carboxylic acid groups (broad SMARTS) is 1. The Balaban J connectivity index is 0.000000163. The molecule has 13 nitrogen and oxygen atoms in total. The fourth-order valence-electron chi connectivity index (χ4n) is 9.92. The van der Waals surface area contributed by atoms with Gasteiger partial charge >= 0.3 is 41.5 Å². The number of ether oxygens (including phenoxy) is 1. The summed E-state index contributed by atoms with van der Waals surface area (Å²) in [7, 11) is 1.41. The van der Waals surface area contributed by atoms with Gasteiger partial charge in [0.2, 0.25) is 11.9 Å². The molecule has 4 aliphatic heterocycles. The average molecular weight is 783 g/mol. The first-order valence-corrected chi connectivity index (χ1v) is 19.1. The molecule has 8 atom stereocenters. The van der Waals surface area contributed by atoms with Crippen LogP contribution in [0, 0.1) is 35.5 Å². The van der Waals surface area contributed by atoms with Crippen molar-refractivity contribution < 1.29 is 72.0 Å². The molecule has 0 spiro atoms. The molecule has 6 fully saturated rings. The predicted octanol–water partition coefficient (Wildman–Crippen LogP) is 1.46. The number of alkyl halides is 4. The molecule has 10 rings (SSSR count). The summed E-state index contributed by atoms with van der Waals surface area (Å²) >= 11 is 0. The number of esters is 1. The Morgan fingerprint density at radius 1 is 0.727 bits per heavy atom. The van der Waals surface area contributed by atoms with Crippen LogP contribution in [0.1, 0.15) is 74.9 Å². The summed E-state index contributed by atoms with van der Waals surface area (Å²) < 4.78 is 62.3. The first kappa shape index (κ1) is 40.2. The zero-order chi connectivity index (χ0) is 37.1. The predicted molar refractivity (Wildman–Crippen MR) is 188 cm³/mol. The maximum atomic E-state index is 14.4. The van der Waals surface area contributed by atoms with E-state index in [1.54, 1.807) is 0 Å². The number of aliphatic carboxylic acids is 1. The molecule has 0 amide bonds. The largest absolute Gasteiger partial charge is 1.00 e. The van der Waals surface area contributed by atoms with Gasteiger partial charge in [-0.05, 0) is 75.0 Å². The van der Waals surface area contributed by atoms with Gasteiger partial charge in [-0.25, -0.2) is 9.97 Å². The van der Waals surface area contributed by atoms with Gasteiger partial charge in [-0.3, -0.25) is 9.59 Å². The molecule has 4 aliphatic carbocycles. The summed E-state index contributed by atoms with van der Waals surface area (Å²) in [5.74, 6) is -2.31. The van der Waals surface area contributed by atoms with Crippen LogP contribution >= 0.6 is 0 Å². The minimum atomic E-state index is -2.88. The van der Waals surface area contributed by atoms with Gasteiger partial charge in [0.05, 0.1) is 7.11 Å². The number of aromatic nitrogens is 4. The van der Waals surface area contributed by atoms with E-state index in [0.29, 0.717) is 103 Å². The van der Waals surface area contributed by atoms with E-state index in [1.165, 1.54) is 7.11 Å². The van der Waals surface area contributed by atoms with E-state index < -0.39 is 17.8 Å². The fraction of sp³-hybridized carbons (Fsp3) is 0.730. The zero-order valence-electron chi connectivity index (χ0n) is 31.7. The van der Waals surface area contributed by atoms with Crippen molar-refractivity contribution in [3.63, 3.8) is 0 Å². The van der Waals surface area contributed by atoms with E-state index in [9.17, 15) is 27.2 Å². The molecular formula is C37H47F4N8NaO5. The van der Waals surface area contributed by atoms with Crippen molar-refractivity contribution in [3.8, 4) is 0 Å². The number of piperidine rings is 2.